The Labute approximate surface area is 216 Å². The Bertz CT molecular complexity index is 752. The molecule has 2 amide bonds. The molecule has 1 saturated heterocycles. The minimum absolute atomic E-state index is 0. The van der Waals surface area contributed by atoms with Gasteiger partial charge in [-0.15, -0.1) is 24.0 Å². The van der Waals surface area contributed by atoms with Crippen LogP contribution in [0.4, 0.5) is 0 Å². The third-order valence-electron chi connectivity index (χ3n) is 5.68. The van der Waals surface area contributed by atoms with Gasteiger partial charge >= 0.3 is 0 Å². The Kier molecular flexibility index (Phi) is 14.0. The average Bonchev–Trinajstić information content (AvgIpc) is 2.80. The molecule has 1 aromatic rings. The van der Waals surface area contributed by atoms with Crippen molar-refractivity contribution >= 4 is 41.8 Å². The number of hydrogen-bond donors (Lipinski definition) is 3. The Morgan fingerprint density at radius 3 is 2.52 bits per heavy atom. The first kappa shape index (κ1) is 29.2. The van der Waals surface area contributed by atoms with Crippen LogP contribution in [0.15, 0.2) is 29.3 Å². The molecule has 186 valence electrons. The fourth-order valence-electron chi connectivity index (χ4n) is 3.70. The fraction of sp³-hybridized carbons (Fsp3) is 0.625. The molecule has 1 atom stereocenters. The summed E-state index contributed by atoms with van der Waals surface area (Å²) in [5, 5.41) is 9.55. The highest BCUT2D eigenvalue weighted by Gasteiger charge is 2.22. The molecule has 1 heterocycles. The number of carbonyl (C=O) groups excluding carboxylic acids is 2. The maximum absolute atomic E-state index is 12.6. The van der Waals surface area contributed by atoms with Gasteiger partial charge in [-0.1, -0.05) is 26.0 Å². The van der Waals surface area contributed by atoms with E-state index in [9.17, 15) is 9.59 Å². The van der Waals surface area contributed by atoms with Gasteiger partial charge in [0.2, 0.25) is 5.91 Å². The van der Waals surface area contributed by atoms with Crippen LogP contribution in [-0.4, -0.2) is 79.4 Å². The predicted molar refractivity (Wildman–Crippen MR) is 145 cm³/mol. The SMILES string of the molecule is CCNC(=NCc1ccc(C(=O)N2CCNC(=O)C2)cc1)NC(C)CCCN(CC)CC.I. The van der Waals surface area contributed by atoms with Gasteiger partial charge in [0.05, 0.1) is 13.1 Å². The number of piperazine rings is 1. The second kappa shape index (κ2) is 15.9. The summed E-state index contributed by atoms with van der Waals surface area (Å²) in [5.74, 6) is 0.590. The summed E-state index contributed by atoms with van der Waals surface area (Å²) in [6.45, 7) is 14.5. The molecule has 0 radical (unpaired) electrons. The third-order valence-corrected chi connectivity index (χ3v) is 5.68. The van der Waals surface area contributed by atoms with Crippen molar-refractivity contribution in [3.8, 4) is 0 Å². The van der Waals surface area contributed by atoms with E-state index in [4.69, 9.17) is 4.99 Å². The minimum atomic E-state index is -0.110. The normalized spacial score (nSPS) is 15.0. The van der Waals surface area contributed by atoms with E-state index >= 15 is 0 Å². The molecular weight excluding hydrogens is 531 g/mol. The maximum Gasteiger partial charge on any atom is 0.254 e. The predicted octanol–water partition coefficient (Wildman–Crippen LogP) is 2.44. The summed E-state index contributed by atoms with van der Waals surface area (Å²) in [5.41, 5.74) is 1.63. The number of rotatable bonds is 11. The number of hydrogen-bond acceptors (Lipinski definition) is 4. The number of halogens is 1. The topological polar surface area (TPSA) is 89.1 Å². The molecule has 1 aromatic carbocycles. The highest BCUT2D eigenvalue weighted by molar-refractivity contribution is 14.0. The number of nitrogens with one attached hydrogen (secondary N) is 3. The number of amides is 2. The Morgan fingerprint density at radius 2 is 1.91 bits per heavy atom. The van der Waals surface area contributed by atoms with Gasteiger partial charge in [-0.05, 0) is 64.0 Å². The second-order valence-electron chi connectivity index (χ2n) is 8.18. The van der Waals surface area contributed by atoms with Crippen molar-refractivity contribution in [3.63, 3.8) is 0 Å². The molecule has 0 aliphatic carbocycles. The maximum atomic E-state index is 12.6. The lowest BCUT2D eigenvalue weighted by atomic mass is 10.1. The molecule has 3 N–H and O–H groups in total. The molecule has 9 heteroatoms. The number of guanidine groups is 1. The van der Waals surface area contributed by atoms with Crippen LogP contribution in [0.3, 0.4) is 0 Å². The van der Waals surface area contributed by atoms with Crippen LogP contribution >= 0.6 is 24.0 Å². The number of aliphatic imine (C=N–C) groups is 1. The minimum Gasteiger partial charge on any atom is -0.357 e. The smallest absolute Gasteiger partial charge is 0.254 e. The zero-order chi connectivity index (χ0) is 23.3. The van der Waals surface area contributed by atoms with Crippen LogP contribution in [0.5, 0.6) is 0 Å². The summed E-state index contributed by atoms with van der Waals surface area (Å²) in [6, 6.07) is 7.83. The van der Waals surface area contributed by atoms with Gasteiger partial charge in [-0.2, -0.15) is 0 Å². The highest BCUT2D eigenvalue weighted by Crippen LogP contribution is 2.10. The van der Waals surface area contributed by atoms with Crippen molar-refractivity contribution in [1.29, 1.82) is 0 Å². The van der Waals surface area contributed by atoms with Gasteiger partial charge < -0.3 is 25.8 Å². The second-order valence-corrected chi connectivity index (χ2v) is 8.18. The Hall–Kier alpha value is -1.88. The van der Waals surface area contributed by atoms with Crippen LogP contribution in [-0.2, 0) is 11.3 Å². The van der Waals surface area contributed by atoms with Crippen molar-refractivity contribution in [2.45, 2.75) is 53.1 Å². The van der Waals surface area contributed by atoms with E-state index < -0.39 is 0 Å². The Morgan fingerprint density at radius 1 is 1.21 bits per heavy atom. The molecule has 0 bridgehead atoms. The van der Waals surface area contributed by atoms with Crippen molar-refractivity contribution < 1.29 is 9.59 Å². The van der Waals surface area contributed by atoms with E-state index in [-0.39, 0.29) is 42.3 Å². The van der Waals surface area contributed by atoms with Crippen LogP contribution in [0.2, 0.25) is 0 Å². The monoisotopic (exact) mass is 572 g/mol. The number of benzene rings is 1. The van der Waals surface area contributed by atoms with Crippen molar-refractivity contribution in [2.75, 3.05) is 45.8 Å². The standard InChI is InChI=1S/C24H40N6O2.HI/c1-5-25-24(28-19(4)9-8-15-29(6-2)7-3)27-17-20-10-12-21(13-11-20)23(32)30-16-14-26-22(31)18-30;/h10-13,19H,5-9,14-18H2,1-4H3,(H,26,31)(H2,25,27,28);1H. The lowest BCUT2D eigenvalue weighted by Crippen LogP contribution is -2.49. The van der Waals surface area contributed by atoms with E-state index in [1.165, 1.54) is 0 Å². The lowest BCUT2D eigenvalue weighted by Gasteiger charge is -2.26. The molecule has 0 aromatic heterocycles. The van der Waals surface area contributed by atoms with Crippen LogP contribution in [0.1, 0.15) is 56.5 Å². The largest absolute Gasteiger partial charge is 0.357 e. The highest BCUT2D eigenvalue weighted by atomic mass is 127. The first-order chi connectivity index (χ1) is 15.5. The molecule has 1 unspecified atom stereocenters. The Balaban J connectivity index is 0.00000544. The van der Waals surface area contributed by atoms with Crippen molar-refractivity contribution in [2.24, 2.45) is 4.99 Å². The van der Waals surface area contributed by atoms with Gasteiger partial charge in [0.15, 0.2) is 5.96 Å². The zero-order valence-electron chi connectivity index (χ0n) is 20.5. The van der Waals surface area contributed by atoms with Gasteiger partial charge in [-0.25, -0.2) is 4.99 Å². The molecule has 0 saturated carbocycles. The fourth-order valence-corrected chi connectivity index (χ4v) is 3.70. The quantitative estimate of drug-likeness (QED) is 0.216. The molecule has 1 aliphatic rings. The molecule has 1 aliphatic heterocycles. The van der Waals surface area contributed by atoms with Crippen LogP contribution < -0.4 is 16.0 Å². The van der Waals surface area contributed by atoms with Gasteiger partial charge in [-0.3, -0.25) is 9.59 Å². The van der Waals surface area contributed by atoms with E-state index in [2.05, 4.69) is 48.5 Å². The summed E-state index contributed by atoms with van der Waals surface area (Å²) >= 11 is 0. The van der Waals surface area contributed by atoms with Gasteiger partial charge in [0.1, 0.15) is 0 Å². The van der Waals surface area contributed by atoms with Crippen molar-refractivity contribution in [1.82, 2.24) is 25.8 Å². The number of carbonyl (C=O) groups is 2. The van der Waals surface area contributed by atoms with Crippen LogP contribution in [0, 0.1) is 0 Å². The summed E-state index contributed by atoms with van der Waals surface area (Å²) in [4.78, 5) is 32.9. The van der Waals surface area contributed by atoms with E-state index in [0.29, 0.717) is 31.2 Å². The molecule has 0 spiro atoms. The summed E-state index contributed by atoms with van der Waals surface area (Å²) in [7, 11) is 0. The summed E-state index contributed by atoms with van der Waals surface area (Å²) < 4.78 is 0. The molecule has 8 nitrogen and oxygen atoms in total. The average molecular weight is 573 g/mol. The molecule has 1 fully saturated rings. The van der Waals surface area contributed by atoms with Crippen LogP contribution in [0.25, 0.3) is 0 Å². The first-order valence-electron chi connectivity index (χ1n) is 11.9. The van der Waals surface area contributed by atoms with E-state index in [0.717, 1.165) is 50.5 Å². The lowest BCUT2D eigenvalue weighted by molar-refractivity contribution is -0.123. The van der Waals surface area contributed by atoms with E-state index in [1.807, 2.05) is 24.3 Å². The first-order valence-corrected chi connectivity index (χ1v) is 11.9. The van der Waals surface area contributed by atoms with Crippen molar-refractivity contribution in [3.05, 3.63) is 35.4 Å². The third kappa shape index (κ3) is 10.3. The van der Waals surface area contributed by atoms with Gasteiger partial charge in [0, 0.05) is 31.2 Å². The molecule has 33 heavy (non-hydrogen) atoms. The van der Waals surface area contributed by atoms with Gasteiger partial charge in [0.25, 0.3) is 5.91 Å². The summed E-state index contributed by atoms with van der Waals surface area (Å²) in [6.07, 6.45) is 2.25. The number of nitrogens with zero attached hydrogens (tertiary/aromatic N) is 3. The van der Waals surface area contributed by atoms with E-state index in [1.54, 1.807) is 4.90 Å². The zero-order valence-corrected chi connectivity index (χ0v) is 22.9. The molecule has 2 rings (SSSR count). The molecular formula is C24H41IN6O2.